The fraction of sp³-hybridized carbons (Fsp3) is 0.364. The van der Waals surface area contributed by atoms with E-state index >= 15 is 0 Å². The predicted molar refractivity (Wildman–Crippen MR) is 155 cm³/mol. The average Bonchev–Trinajstić information content (AvgIpc) is 3.61. The fourth-order valence-corrected chi connectivity index (χ4v) is 7.81. The molecule has 214 valence electrons. The SMILES string of the molecule is CCC1=C2CC[C@H]3C(=O)N(C)C(=O)[C@H]3[C@H]2[C@@]2(Cc3ccccc3)C(=NCCc3c[nH]c4ccccc34)OC(=O)N2C1=O. The zero-order valence-corrected chi connectivity index (χ0v) is 23.6. The van der Waals surface area contributed by atoms with E-state index in [2.05, 4.69) is 4.98 Å². The van der Waals surface area contributed by atoms with E-state index in [1.807, 2.05) is 67.7 Å². The number of ether oxygens (including phenoxy) is 1. The summed E-state index contributed by atoms with van der Waals surface area (Å²) < 4.78 is 5.91. The number of carbonyl (C=O) groups is 4. The van der Waals surface area contributed by atoms with Gasteiger partial charge in [-0.15, -0.1) is 0 Å². The maximum atomic E-state index is 14.1. The van der Waals surface area contributed by atoms with Crippen LogP contribution in [0.25, 0.3) is 10.9 Å². The van der Waals surface area contributed by atoms with Crippen LogP contribution in [0, 0.1) is 17.8 Å². The highest BCUT2D eigenvalue weighted by Gasteiger charge is 2.70. The lowest BCUT2D eigenvalue weighted by molar-refractivity contribution is -0.140. The molecule has 4 heterocycles. The number of likely N-dealkylation sites (tertiary alicyclic amines) is 1. The first kappa shape index (κ1) is 26.4. The van der Waals surface area contributed by atoms with E-state index in [-0.39, 0.29) is 24.1 Å². The molecule has 7 rings (SSSR count). The summed E-state index contributed by atoms with van der Waals surface area (Å²) in [7, 11) is 1.52. The largest absolute Gasteiger partial charge is 0.424 e. The lowest BCUT2D eigenvalue weighted by Gasteiger charge is -2.50. The number of H-pyrrole nitrogens is 1. The van der Waals surface area contributed by atoms with Crippen molar-refractivity contribution in [2.24, 2.45) is 22.7 Å². The van der Waals surface area contributed by atoms with Crippen molar-refractivity contribution in [1.82, 2.24) is 14.8 Å². The van der Waals surface area contributed by atoms with Crippen LogP contribution < -0.4 is 0 Å². The Morgan fingerprint density at radius 2 is 1.79 bits per heavy atom. The number of benzene rings is 2. The second-order valence-electron chi connectivity index (χ2n) is 11.6. The molecule has 2 saturated heterocycles. The van der Waals surface area contributed by atoms with E-state index in [4.69, 9.17) is 9.73 Å². The molecule has 2 aromatic carbocycles. The van der Waals surface area contributed by atoms with Gasteiger partial charge in [0.25, 0.3) is 5.91 Å². The number of aliphatic imine (C=N–C) groups is 1. The van der Waals surface area contributed by atoms with Crippen LogP contribution in [0.4, 0.5) is 4.79 Å². The molecule has 3 aliphatic heterocycles. The number of imide groups is 2. The van der Waals surface area contributed by atoms with Gasteiger partial charge in [-0.25, -0.2) is 9.69 Å². The number of nitrogens with zero attached hydrogens (tertiary/aromatic N) is 3. The number of carbonyl (C=O) groups excluding carboxylic acids is 4. The summed E-state index contributed by atoms with van der Waals surface area (Å²) in [5, 5.41) is 1.10. The van der Waals surface area contributed by atoms with Gasteiger partial charge in [-0.1, -0.05) is 61.0 Å². The normalized spacial score (nSPS) is 28.0. The quantitative estimate of drug-likeness (QED) is 0.445. The van der Waals surface area contributed by atoms with Crippen LogP contribution in [0.15, 0.2) is 76.9 Å². The summed E-state index contributed by atoms with van der Waals surface area (Å²) in [6.07, 6.45) is 3.41. The summed E-state index contributed by atoms with van der Waals surface area (Å²) in [6.45, 7) is 2.20. The topological polar surface area (TPSA) is 112 Å². The molecule has 0 spiro atoms. The summed E-state index contributed by atoms with van der Waals surface area (Å²) in [5.74, 6) is -2.55. The molecule has 1 N–H and O–H groups in total. The number of aromatic amines is 1. The first-order valence-electron chi connectivity index (χ1n) is 14.6. The molecule has 4 aliphatic rings. The highest BCUT2D eigenvalue weighted by molar-refractivity contribution is 6.17. The molecule has 1 aromatic heterocycles. The van der Waals surface area contributed by atoms with Gasteiger partial charge in [-0.05, 0) is 42.9 Å². The fourth-order valence-electron chi connectivity index (χ4n) is 7.81. The van der Waals surface area contributed by atoms with Gasteiger partial charge in [0.1, 0.15) is 5.54 Å². The van der Waals surface area contributed by atoms with Gasteiger partial charge >= 0.3 is 6.09 Å². The number of aromatic nitrogens is 1. The third-order valence-corrected chi connectivity index (χ3v) is 9.64. The monoisotopic (exact) mass is 564 g/mol. The van der Waals surface area contributed by atoms with Crippen LogP contribution in [0.2, 0.25) is 0 Å². The Kier molecular flexibility index (Phi) is 6.15. The predicted octanol–water partition coefficient (Wildman–Crippen LogP) is 4.43. The summed E-state index contributed by atoms with van der Waals surface area (Å²) in [6, 6.07) is 17.6. The van der Waals surface area contributed by atoms with E-state index in [9.17, 15) is 19.2 Å². The molecule has 3 aromatic rings. The molecule has 0 bridgehead atoms. The summed E-state index contributed by atoms with van der Waals surface area (Å²) in [5.41, 5.74) is 3.03. The zero-order valence-electron chi connectivity index (χ0n) is 23.6. The number of nitrogens with one attached hydrogen (secondary N) is 1. The van der Waals surface area contributed by atoms with Crippen molar-refractivity contribution >= 4 is 40.6 Å². The number of amides is 4. The number of hydrogen-bond acceptors (Lipinski definition) is 6. The van der Waals surface area contributed by atoms with Crippen molar-refractivity contribution in [2.75, 3.05) is 13.6 Å². The number of hydrogen-bond donors (Lipinski definition) is 1. The highest BCUT2D eigenvalue weighted by atomic mass is 16.6. The van der Waals surface area contributed by atoms with Crippen LogP contribution >= 0.6 is 0 Å². The maximum Gasteiger partial charge on any atom is 0.424 e. The standard InChI is InChI=1S/C33H32N4O5/c1-3-21-23-13-14-24-26(30(40)36(2)28(24)38)27(23)33(17-19-9-5-4-6-10-19)31(42-32(41)37(33)29(21)39)34-16-15-20-18-35-25-12-8-7-11-22(20)25/h4-12,18,24,26-27,35H,3,13-17H2,1-2H3/t24-,26-,27+,33+/m1/s1. The van der Waals surface area contributed by atoms with E-state index in [0.29, 0.717) is 37.8 Å². The molecule has 1 saturated carbocycles. The zero-order chi connectivity index (χ0) is 29.2. The molecule has 9 nitrogen and oxygen atoms in total. The second-order valence-corrected chi connectivity index (χ2v) is 11.6. The van der Waals surface area contributed by atoms with Crippen LogP contribution in [0.3, 0.4) is 0 Å². The van der Waals surface area contributed by atoms with Gasteiger partial charge in [0, 0.05) is 48.6 Å². The van der Waals surface area contributed by atoms with Crippen LogP contribution in [0.1, 0.15) is 37.3 Å². The van der Waals surface area contributed by atoms with Gasteiger partial charge in [-0.3, -0.25) is 24.3 Å². The maximum absolute atomic E-state index is 14.1. The van der Waals surface area contributed by atoms with Gasteiger partial charge < -0.3 is 9.72 Å². The lowest BCUT2D eigenvalue weighted by atomic mass is 9.58. The molecule has 1 aliphatic carbocycles. The van der Waals surface area contributed by atoms with Crippen molar-refractivity contribution in [3.63, 3.8) is 0 Å². The average molecular weight is 565 g/mol. The van der Waals surface area contributed by atoms with Crippen molar-refractivity contribution < 1.29 is 23.9 Å². The van der Waals surface area contributed by atoms with Crippen LogP contribution in [-0.2, 0) is 32.0 Å². The smallest absolute Gasteiger partial charge is 0.393 e. The minimum atomic E-state index is -1.35. The minimum absolute atomic E-state index is 0.151. The molecule has 4 amide bonds. The first-order valence-corrected chi connectivity index (χ1v) is 14.6. The van der Waals surface area contributed by atoms with E-state index < -0.39 is 35.3 Å². The Labute approximate surface area is 243 Å². The van der Waals surface area contributed by atoms with E-state index in [1.165, 1.54) is 16.8 Å². The van der Waals surface area contributed by atoms with Crippen molar-refractivity contribution in [1.29, 1.82) is 0 Å². The van der Waals surface area contributed by atoms with Crippen molar-refractivity contribution in [3.05, 3.63) is 83.1 Å². The number of rotatable bonds is 6. The minimum Gasteiger partial charge on any atom is -0.393 e. The molecule has 9 heteroatoms. The third kappa shape index (κ3) is 3.65. The first-order chi connectivity index (χ1) is 20.4. The summed E-state index contributed by atoms with van der Waals surface area (Å²) >= 11 is 0. The van der Waals surface area contributed by atoms with Gasteiger partial charge in [0.05, 0.1) is 11.8 Å². The molecule has 3 fully saturated rings. The third-order valence-electron chi connectivity index (χ3n) is 9.64. The molecule has 0 unspecified atom stereocenters. The Hall–Kier alpha value is -4.53. The number of fused-ring (bicyclic) bond motifs is 6. The Morgan fingerprint density at radius 3 is 2.57 bits per heavy atom. The molecular weight excluding hydrogens is 532 g/mol. The Morgan fingerprint density at radius 1 is 1.02 bits per heavy atom. The lowest BCUT2D eigenvalue weighted by Crippen LogP contribution is -2.65. The Bertz CT molecular complexity index is 1710. The molecular formula is C33H32N4O5. The van der Waals surface area contributed by atoms with E-state index in [1.54, 1.807) is 0 Å². The van der Waals surface area contributed by atoms with Gasteiger partial charge in [0.2, 0.25) is 17.7 Å². The van der Waals surface area contributed by atoms with Gasteiger partial charge in [0.15, 0.2) is 0 Å². The molecule has 4 atom stereocenters. The van der Waals surface area contributed by atoms with E-state index in [0.717, 1.165) is 27.6 Å². The van der Waals surface area contributed by atoms with Crippen molar-refractivity contribution in [2.45, 2.75) is 44.6 Å². The second kappa shape index (κ2) is 9.79. The highest BCUT2D eigenvalue weighted by Crippen LogP contribution is 2.56. The summed E-state index contributed by atoms with van der Waals surface area (Å²) in [4.78, 5) is 65.3. The van der Waals surface area contributed by atoms with Crippen LogP contribution in [-0.4, -0.2) is 63.6 Å². The Balaban J connectivity index is 1.39. The van der Waals surface area contributed by atoms with Gasteiger partial charge in [-0.2, -0.15) is 0 Å². The molecule has 42 heavy (non-hydrogen) atoms. The van der Waals surface area contributed by atoms with Crippen molar-refractivity contribution in [3.8, 4) is 0 Å². The molecule has 0 radical (unpaired) electrons. The van der Waals surface area contributed by atoms with Crippen LogP contribution in [0.5, 0.6) is 0 Å². The number of para-hydroxylation sites is 1. The number of cyclic esters (lactones) is 1.